The van der Waals surface area contributed by atoms with E-state index in [4.69, 9.17) is 10.2 Å². The number of carbonyl (C=O) groups is 3. The molecule has 1 amide bonds. The average molecular weight is 347 g/mol. The lowest BCUT2D eigenvalue weighted by Gasteiger charge is -2.23. The molecule has 7 nitrogen and oxygen atoms in total. The van der Waals surface area contributed by atoms with Crippen LogP contribution in [0.3, 0.4) is 0 Å². The normalized spacial score (nSPS) is 17.2. The predicted molar refractivity (Wildman–Crippen MR) is 83.8 cm³/mol. The van der Waals surface area contributed by atoms with Gasteiger partial charge in [0, 0.05) is 10.6 Å². The lowest BCUT2D eigenvalue weighted by molar-refractivity contribution is -0.138. The number of carbonyl (C=O) groups excluding carboxylic acids is 1. The van der Waals surface area contributed by atoms with Crippen molar-refractivity contribution in [3.8, 4) is 0 Å². The van der Waals surface area contributed by atoms with E-state index in [-0.39, 0.29) is 19.0 Å². The van der Waals surface area contributed by atoms with Gasteiger partial charge in [0.2, 0.25) is 5.91 Å². The van der Waals surface area contributed by atoms with Gasteiger partial charge in [-0.05, 0) is 12.1 Å². The fourth-order valence-electron chi connectivity index (χ4n) is 2.01. The second kappa shape index (κ2) is 8.02. The summed E-state index contributed by atoms with van der Waals surface area (Å²) in [6.45, 7) is -0.810. The molecule has 1 aliphatic heterocycles. The van der Waals surface area contributed by atoms with Gasteiger partial charge in [0.05, 0.1) is 18.3 Å². The van der Waals surface area contributed by atoms with E-state index in [1.54, 1.807) is 18.2 Å². The highest BCUT2D eigenvalue weighted by Gasteiger charge is 2.31. The van der Waals surface area contributed by atoms with E-state index in [2.05, 4.69) is 5.32 Å². The van der Waals surface area contributed by atoms with Crippen molar-refractivity contribution >= 4 is 47.7 Å². The largest absolute Gasteiger partial charge is 0.480 e. The minimum Gasteiger partial charge on any atom is -0.480 e. The smallest absolute Gasteiger partial charge is 0.323 e. The molecule has 0 radical (unpaired) electrons. The van der Waals surface area contributed by atoms with E-state index in [0.717, 1.165) is 4.90 Å². The van der Waals surface area contributed by atoms with Gasteiger partial charge in [0.1, 0.15) is 6.54 Å². The number of rotatable bonds is 5. The van der Waals surface area contributed by atoms with Crippen LogP contribution in [0.25, 0.3) is 0 Å². The van der Waals surface area contributed by atoms with E-state index in [1.165, 1.54) is 16.7 Å². The summed E-state index contributed by atoms with van der Waals surface area (Å²) >= 11 is 1.39. The summed E-state index contributed by atoms with van der Waals surface area (Å²) < 4.78 is 0. The Hall–Kier alpha value is -1.77. The molecule has 2 rings (SSSR count). The molecule has 0 aromatic heterocycles. The number of carboxylic acids is 2. The van der Waals surface area contributed by atoms with Crippen molar-refractivity contribution in [2.75, 3.05) is 23.7 Å². The topological polar surface area (TPSA) is 107 Å². The number of para-hydroxylation sites is 1. The van der Waals surface area contributed by atoms with Crippen molar-refractivity contribution in [2.45, 2.75) is 10.9 Å². The van der Waals surface area contributed by atoms with Gasteiger partial charge in [0.15, 0.2) is 0 Å². The number of amides is 1. The van der Waals surface area contributed by atoms with Crippen molar-refractivity contribution < 1.29 is 24.6 Å². The number of aliphatic carboxylic acids is 2. The van der Waals surface area contributed by atoms with Crippen LogP contribution in [0.1, 0.15) is 0 Å². The molecule has 0 aliphatic carbocycles. The van der Waals surface area contributed by atoms with Gasteiger partial charge >= 0.3 is 11.9 Å². The fraction of sp³-hybridized carbons (Fsp3) is 0.308. The Labute approximate surface area is 137 Å². The lowest BCUT2D eigenvalue weighted by Crippen LogP contribution is -2.50. The van der Waals surface area contributed by atoms with Gasteiger partial charge in [-0.3, -0.25) is 24.6 Å². The number of hydrogen-bond donors (Lipinski definition) is 3. The van der Waals surface area contributed by atoms with Gasteiger partial charge in [0.25, 0.3) is 0 Å². The summed E-state index contributed by atoms with van der Waals surface area (Å²) in [4.78, 5) is 36.0. The first kappa shape index (κ1) is 18.3. The first-order valence-corrected chi connectivity index (χ1v) is 7.18. The first-order valence-electron chi connectivity index (χ1n) is 6.19. The van der Waals surface area contributed by atoms with Crippen LogP contribution in [0.5, 0.6) is 0 Å². The number of hydrogen-bond acceptors (Lipinski definition) is 5. The van der Waals surface area contributed by atoms with Gasteiger partial charge in [-0.2, -0.15) is 0 Å². The third kappa shape index (κ3) is 4.36. The minimum atomic E-state index is -1.12. The quantitative estimate of drug-likeness (QED) is 0.719. The second-order valence-electron chi connectivity index (χ2n) is 4.42. The molecule has 1 heterocycles. The molecule has 0 saturated carbocycles. The zero-order valence-corrected chi connectivity index (χ0v) is 13.0. The molecule has 1 unspecified atom stereocenters. The number of carboxylic acid groups (broad SMARTS) is 2. The second-order valence-corrected chi connectivity index (χ2v) is 5.49. The summed E-state index contributed by atoms with van der Waals surface area (Å²) in [5.74, 6) is -2.28. The number of benzene rings is 1. The number of fused-ring (bicyclic) bond motifs is 1. The molecular weight excluding hydrogens is 332 g/mol. The Morgan fingerprint density at radius 2 is 1.95 bits per heavy atom. The van der Waals surface area contributed by atoms with Crippen LogP contribution in [0.15, 0.2) is 29.2 Å². The molecular formula is C13H15ClN2O5S. The third-order valence-corrected chi connectivity index (χ3v) is 4.07. The highest BCUT2D eigenvalue weighted by atomic mass is 35.5. The van der Waals surface area contributed by atoms with Crippen molar-refractivity contribution in [1.29, 1.82) is 0 Å². The molecule has 22 heavy (non-hydrogen) atoms. The number of nitrogens with one attached hydrogen (secondary N) is 1. The maximum Gasteiger partial charge on any atom is 0.323 e. The van der Waals surface area contributed by atoms with Crippen molar-refractivity contribution in [2.24, 2.45) is 0 Å². The summed E-state index contributed by atoms with van der Waals surface area (Å²) in [7, 11) is 0. The predicted octanol–water partition coefficient (Wildman–Crippen LogP) is 0.674. The molecule has 1 atom stereocenters. The monoisotopic (exact) mass is 346 g/mol. The van der Waals surface area contributed by atoms with E-state index in [1.807, 2.05) is 6.07 Å². The summed E-state index contributed by atoms with van der Waals surface area (Å²) in [6, 6.07) is 6.29. The highest BCUT2D eigenvalue weighted by molar-refractivity contribution is 7.99. The van der Waals surface area contributed by atoms with Crippen LogP contribution in [-0.4, -0.2) is 52.9 Å². The van der Waals surface area contributed by atoms with Gasteiger partial charge in [-0.1, -0.05) is 12.1 Å². The molecule has 3 N–H and O–H groups in total. The van der Waals surface area contributed by atoms with E-state index >= 15 is 0 Å². The molecule has 1 aliphatic rings. The van der Waals surface area contributed by atoms with Crippen molar-refractivity contribution in [3.05, 3.63) is 24.3 Å². The minimum absolute atomic E-state index is 0. The molecule has 0 spiro atoms. The Morgan fingerprint density at radius 1 is 1.27 bits per heavy atom. The SMILES string of the molecule is Cl.O=C(O)CNC1CSc2ccccc2N(CC(=O)O)C1=O. The van der Waals surface area contributed by atoms with Crippen LogP contribution in [0.2, 0.25) is 0 Å². The Balaban J connectivity index is 0.00000242. The number of halogens is 1. The maximum absolute atomic E-state index is 12.5. The number of nitrogens with zero attached hydrogens (tertiary/aromatic N) is 1. The molecule has 0 fully saturated rings. The highest BCUT2D eigenvalue weighted by Crippen LogP contribution is 2.33. The number of thioether (sulfide) groups is 1. The van der Waals surface area contributed by atoms with Gasteiger partial charge < -0.3 is 10.2 Å². The molecule has 120 valence electrons. The Morgan fingerprint density at radius 3 is 2.59 bits per heavy atom. The van der Waals surface area contributed by atoms with E-state index < -0.39 is 30.4 Å². The molecule has 0 saturated heterocycles. The summed E-state index contributed by atoms with van der Waals surface area (Å²) in [5, 5.41) is 20.3. The lowest BCUT2D eigenvalue weighted by atomic mass is 10.2. The zero-order valence-electron chi connectivity index (χ0n) is 11.4. The van der Waals surface area contributed by atoms with Crippen molar-refractivity contribution in [1.82, 2.24) is 5.32 Å². The van der Waals surface area contributed by atoms with E-state index in [9.17, 15) is 14.4 Å². The molecule has 9 heteroatoms. The van der Waals surface area contributed by atoms with Crippen LogP contribution in [-0.2, 0) is 14.4 Å². The third-order valence-electron chi connectivity index (χ3n) is 2.92. The van der Waals surface area contributed by atoms with Crippen LogP contribution in [0.4, 0.5) is 5.69 Å². The average Bonchev–Trinajstić information content (AvgIpc) is 2.55. The number of anilines is 1. The molecule has 0 bridgehead atoms. The molecule has 1 aromatic rings. The van der Waals surface area contributed by atoms with Crippen LogP contribution >= 0.6 is 24.2 Å². The zero-order chi connectivity index (χ0) is 15.4. The first-order chi connectivity index (χ1) is 9.99. The van der Waals surface area contributed by atoms with Crippen LogP contribution < -0.4 is 10.2 Å². The summed E-state index contributed by atoms with van der Waals surface area (Å²) in [6.07, 6.45) is 0. The van der Waals surface area contributed by atoms with Crippen LogP contribution in [0, 0.1) is 0 Å². The van der Waals surface area contributed by atoms with Gasteiger partial charge in [-0.15, -0.1) is 24.2 Å². The standard InChI is InChI=1S/C13H14N2O5S.ClH/c16-11(17)5-14-8-7-21-10-4-2-1-3-9(10)15(13(8)20)6-12(18)19;/h1-4,8,14H,5-7H2,(H,16,17)(H,18,19);1H. The Bertz CT molecular complexity index is 583. The van der Waals surface area contributed by atoms with Gasteiger partial charge in [-0.25, -0.2) is 0 Å². The molecule has 1 aromatic carbocycles. The Kier molecular flexibility index (Phi) is 6.66. The van der Waals surface area contributed by atoms with E-state index in [0.29, 0.717) is 11.4 Å². The fourth-order valence-corrected chi connectivity index (χ4v) is 3.12. The summed E-state index contributed by atoms with van der Waals surface area (Å²) in [5.41, 5.74) is 0.537. The van der Waals surface area contributed by atoms with Crippen molar-refractivity contribution in [3.63, 3.8) is 0 Å². The maximum atomic E-state index is 12.5.